The molecule has 4 rings (SSSR count). The Morgan fingerprint density at radius 1 is 1.22 bits per heavy atom. The number of nitrogens with zero attached hydrogens (tertiary/aromatic N) is 3. The van der Waals surface area contributed by atoms with Crippen molar-refractivity contribution in [1.82, 2.24) is 19.8 Å². The number of hydrogen-bond acceptors (Lipinski definition) is 3. The molecule has 0 aliphatic carbocycles. The summed E-state index contributed by atoms with van der Waals surface area (Å²) in [6, 6.07) is 10.4. The number of fused-ring (bicyclic) bond motifs is 2. The molecule has 0 unspecified atom stereocenters. The van der Waals surface area contributed by atoms with Crippen LogP contribution in [0.3, 0.4) is 0 Å². The van der Waals surface area contributed by atoms with Gasteiger partial charge in [-0.3, -0.25) is 9.69 Å². The van der Waals surface area contributed by atoms with E-state index in [9.17, 15) is 4.79 Å². The lowest BCUT2D eigenvalue weighted by molar-refractivity contribution is -0.141. The number of H-pyrrole nitrogens is 1. The van der Waals surface area contributed by atoms with Crippen molar-refractivity contribution in [3.63, 3.8) is 0 Å². The predicted octanol–water partition coefficient (Wildman–Crippen LogP) is 3.21. The normalized spacial score (nSPS) is 19.5. The fourth-order valence-electron chi connectivity index (χ4n) is 4.55. The molecule has 1 saturated heterocycles. The highest BCUT2D eigenvalue weighted by atomic mass is 16.2. The molecule has 0 saturated carbocycles. The van der Waals surface area contributed by atoms with Gasteiger partial charge >= 0.3 is 0 Å². The molecule has 2 aliphatic heterocycles. The number of aromatic nitrogens is 2. The number of rotatable bonds is 4. The Hall–Kier alpha value is -2.40. The van der Waals surface area contributed by atoms with Crippen LogP contribution < -0.4 is 0 Å². The fraction of sp³-hybridized carbons (Fsp3) is 0.455. The number of nitrogens with one attached hydrogen (secondary N) is 1. The number of carbonyl (C=O) groups is 1. The van der Waals surface area contributed by atoms with Gasteiger partial charge in [0.05, 0.1) is 17.6 Å². The fourth-order valence-corrected chi connectivity index (χ4v) is 4.55. The summed E-state index contributed by atoms with van der Waals surface area (Å²) >= 11 is 0. The van der Waals surface area contributed by atoms with Crippen molar-refractivity contribution in [2.45, 2.75) is 38.1 Å². The van der Waals surface area contributed by atoms with Crippen LogP contribution in [0.15, 0.2) is 42.7 Å². The topological polar surface area (TPSA) is 52.2 Å². The molecular weight excluding hydrogens is 336 g/mol. The van der Waals surface area contributed by atoms with Crippen molar-refractivity contribution in [2.75, 3.05) is 26.2 Å². The zero-order valence-corrected chi connectivity index (χ0v) is 16.0. The van der Waals surface area contributed by atoms with Gasteiger partial charge in [-0.15, -0.1) is 0 Å². The van der Waals surface area contributed by atoms with E-state index in [0.29, 0.717) is 6.42 Å². The summed E-state index contributed by atoms with van der Waals surface area (Å²) in [5.74, 6) is 0.251. The van der Waals surface area contributed by atoms with Crippen LogP contribution in [0.4, 0.5) is 0 Å². The first-order chi connectivity index (χ1) is 13.2. The van der Waals surface area contributed by atoms with E-state index >= 15 is 0 Å². The lowest BCUT2D eigenvalue weighted by Crippen LogP contribution is -2.58. The lowest BCUT2D eigenvalue weighted by Gasteiger charge is -2.50. The highest BCUT2D eigenvalue weighted by Gasteiger charge is 2.47. The van der Waals surface area contributed by atoms with Crippen LogP contribution in [-0.2, 0) is 16.8 Å². The Balaban J connectivity index is 1.46. The monoisotopic (exact) mass is 364 g/mol. The maximum atomic E-state index is 12.6. The van der Waals surface area contributed by atoms with Crippen molar-refractivity contribution >= 4 is 12.0 Å². The van der Waals surface area contributed by atoms with Crippen molar-refractivity contribution in [2.24, 2.45) is 0 Å². The molecule has 3 heterocycles. The third-order valence-electron chi connectivity index (χ3n) is 6.02. The quantitative estimate of drug-likeness (QED) is 0.906. The minimum absolute atomic E-state index is 0.222. The van der Waals surface area contributed by atoms with Gasteiger partial charge in [0, 0.05) is 44.7 Å². The number of amides is 1. The standard InChI is InChI=1S/C22H28N4O/c1-2-20(27)26-14-10-19-21(24-17-23-19)22(26)11-15-25(16-12-22)13-6-9-18-7-4-3-5-8-18/h3-9,17H,2,10-16H2,1H3,(H,23,24)/b9-6+. The molecule has 1 N–H and O–H groups in total. The Labute approximate surface area is 161 Å². The van der Waals surface area contributed by atoms with Gasteiger partial charge in [0.2, 0.25) is 5.91 Å². The molecule has 1 aromatic heterocycles. The summed E-state index contributed by atoms with van der Waals surface area (Å²) in [5, 5.41) is 0. The van der Waals surface area contributed by atoms with Crippen molar-refractivity contribution < 1.29 is 4.79 Å². The molecule has 2 aromatic rings. The van der Waals surface area contributed by atoms with E-state index in [2.05, 4.69) is 56.2 Å². The first-order valence-electron chi connectivity index (χ1n) is 10.00. The minimum atomic E-state index is -0.222. The first kappa shape index (κ1) is 18.0. The Morgan fingerprint density at radius 3 is 2.74 bits per heavy atom. The van der Waals surface area contributed by atoms with Crippen molar-refractivity contribution in [1.29, 1.82) is 0 Å². The van der Waals surface area contributed by atoms with Crippen LogP contribution in [0.25, 0.3) is 6.08 Å². The number of benzene rings is 1. The molecule has 5 nitrogen and oxygen atoms in total. The summed E-state index contributed by atoms with van der Waals surface area (Å²) in [6.45, 7) is 5.67. The molecule has 0 radical (unpaired) electrons. The van der Waals surface area contributed by atoms with Gasteiger partial charge in [-0.25, -0.2) is 4.98 Å². The molecule has 5 heteroatoms. The molecule has 142 valence electrons. The summed E-state index contributed by atoms with van der Waals surface area (Å²) in [6.07, 6.45) is 9.57. The van der Waals surface area contributed by atoms with Gasteiger partial charge in [0.1, 0.15) is 0 Å². The molecule has 1 amide bonds. The van der Waals surface area contributed by atoms with E-state index in [4.69, 9.17) is 0 Å². The highest BCUT2D eigenvalue weighted by Crippen LogP contribution is 2.42. The highest BCUT2D eigenvalue weighted by molar-refractivity contribution is 5.77. The number of hydrogen-bond donors (Lipinski definition) is 1. The summed E-state index contributed by atoms with van der Waals surface area (Å²) < 4.78 is 0. The van der Waals surface area contributed by atoms with Gasteiger partial charge in [-0.05, 0) is 18.4 Å². The molecule has 1 fully saturated rings. The summed E-state index contributed by atoms with van der Waals surface area (Å²) in [7, 11) is 0. The second-order valence-corrected chi connectivity index (χ2v) is 7.52. The first-order valence-corrected chi connectivity index (χ1v) is 10.00. The zero-order chi connectivity index (χ0) is 18.7. The average molecular weight is 364 g/mol. The third kappa shape index (κ3) is 3.44. The van der Waals surface area contributed by atoms with Crippen LogP contribution in [0.5, 0.6) is 0 Å². The van der Waals surface area contributed by atoms with Gasteiger partial charge in [0.15, 0.2) is 0 Å². The Kier molecular flexibility index (Phi) is 5.12. The minimum Gasteiger partial charge on any atom is -0.348 e. The number of likely N-dealkylation sites (tertiary alicyclic amines) is 1. The van der Waals surface area contributed by atoms with Gasteiger partial charge < -0.3 is 9.88 Å². The van der Waals surface area contributed by atoms with Gasteiger partial charge in [-0.2, -0.15) is 0 Å². The van der Waals surface area contributed by atoms with E-state index in [1.165, 1.54) is 11.3 Å². The molecule has 2 aliphatic rings. The second-order valence-electron chi connectivity index (χ2n) is 7.52. The lowest BCUT2D eigenvalue weighted by atomic mass is 9.78. The number of imidazole rings is 1. The molecule has 0 atom stereocenters. The van der Waals surface area contributed by atoms with Crippen LogP contribution in [0, 0.1) is 0 Å². The maximum absolute atomic E-state index is 12.6. The SMILES string of the molecule is CCC(=O)N1CCc2[nH]cnc2C12CCN(C/C=C/c1ccccc1)CC2. The Bertz CT molecular complexity index is 803. The average Bonchev–Trinajstić information content (AvgIpc) is 3.20. The third-order valence-corrected chi connectivity index (χ3v) is 6.02. The smallest absolute Gasteiger partial charge is 0.223 e. The van der Waals surface area contributed by atoms with E-state index in [-0.39, 0.29) is 11.4 Å². The molecule has 1 aromatic carbocycles. The van der Waals surface area contributed by atoms with Crippen LogP contribution in [0.2, 0.25) is 0 Å². The van der Waals surface area contributed by atoms with E-state index < -0.39 is 0 Å². The molecule has 0 bridgehead atoms. The maximum Gasteiger partial charge on any atom is 0.223 e. The van der Waals surface area contributed by atoms with E-state index in [1.807, 2.05) is 13.0 Å². The Morgan fingerprint density at radius 2 is 2.00 bits per heavy atom. The predicted molar refractivity (Wildman–Crippen MR) is 107 cm³/mol. The van der Waals surface area contributed by atoms with Crippen LogP contribution >= 0.6 is 0 Å². The molecular formula is C22H28N4O. The summed E-state index contributed by atoms with van der Waals surface area (Å²) in [4.78, 5) is 25.2. The van der Waals surface area contributed by atoms with Gasteiger partial charge in [0.25, 0.3) is 0 Å². The number of carbonyl (C=O) groups excluding carboxylic acids is 1. The second kappa shape index (κ2) is 7.69. The molecule has 27 heavy (non-hydrogen) atoms. The van der Waals surface area contributed by atoms with Gasteiger partial charge in [-0.1, -0.05) is 49.4 Å². The van der Waals surface area contributed by atoms with Crippen LogP contribution in [-0.4, -0.2) is 51.9 Å². The van der Waals surface area contributed by atoms with E-state index in [1.54, 1.807) is 6.33 Å². The number of aromatic amines is 1. The zero-order valence-electron chi connectivity index (χ0n) is 16.0. The van der Waals surface area contributed by atoms with Crippen LogP contribution in [0.1, 0.15) is 43.1 Å². The number of piperidine rings is 1. The van der Waals surface area contributed by atoms with E-state index in [0.717, 1.165) is 51.1 Å². The van der Waals surface area contributed by atoms with Crippen molar-refractivity contribution in [3.8, 4) is 0 Å². The van der Waals surface area contributed by atoms with Crippen molar-refractivity contribution in [3.05, 3.63) is 59.7 Å². The summed E-state index contributed by atoms with van der Waals surface area (Å²) in [5.41, 5.74) is 3.34. The largest absolute Gasteiger partial charge is 0.348 e. The molecule has 1 spiro atoms.